The lowest BCUT2D eigenvalue weighted by atomic mass is 10.1. The van der Waals surface area contributed by atoms with Crippen LogP contribution in [-0.4, -0.2) is 18.0 Å². The lowest BCUT2D eigenvalue weighted by molar-refractivity contribution is 0.563. The summed E-state index contributed by atoms with van der Waals surface area (Å²) in [4.78, 5) is 4.45. The molecule has 1 aromatic heterocycles. The van der Waals surface area contributed by atoms with E-state index in [1.54, 1.807) is 29.1 Å². The number of aryl methyl sites for hydroxylation is 1. The van der Waals surface area contributed by atoms with Crippen molar-refractivity contribution in [3.8, 4) is 0 Å². The van der Waals surface area contributed by atoms with E-state index < -0.39 is 16.1 Å². The molecule has 0 amide bonds. The van der Waals surface area contributed by atoms with Crippen LogP contribution in [0.3, 0.4) is 0 Å². The molecule has 1 N–H and O–H groups in total. The van der Waals surface area contributed by atoms with E-state index in [9.17, 15) is 8.42 Å². The van der Waals surface area contributed by atoms with Gasteiger partial charge in [-0.1, -0.05) is 41.9 Å². The lowest BCUT2D eigenvalue weighted by Gasteiger charge is -2.19. The SMILES string of the molecule is Cn1ccnc1[C@@H](NS(=O)(=O)c1ccc(Cl)cc1)c1ccccc1. The Balaban J connectivity index is 2.01. The minimum atomic E-state index is -3.73. The Kier molecular flexibility index (Phi) is 4.71. The van der Waals surface area contributed by atoms with Gasteiger partial charge in [0.2, 0.25) is 10.0 Å². The molecular weight excluding hydrogens is 346 g/mol. The van der Waals surface area contributed by atoms with Crippen LogP contribution in [0.5, 0.6) is 0 Å². The van der Waals surface area contributed by atoms with Gasteiger partial charge >= 0.3 is 0 Å². The second-order valence-electron chi connectivity index (χ2n) is 5.32. The molecule has 0 unspecified atom stereocenters. The number of nitrogens with zero attached hydrogens (tertiary/aromatic N) is 2. The van der Waals surface area contributed by atoms with Crippen LogP contribution in [0.1, 0.15) is 17.4 Å². The first kappa shape index (κ1) is 16.7. The summed E-state index contributed by atoms with van der Waals surface area (Å²) < 4.78 is 30.0. The van der Waals surface area contributed by atoms with Gasteiger partial charge in [0.1, 0.15) is 11.9 Å². The molecule has 124 valence electrons. The third-order valence-electron chi connectivity index (χ3n) is 3.65. The summed E-state index contributed by atoms with van der Waals surface area (Å²) in [7, 11) is -1.90. The second kappa shape index (κ2) is 6.76. The van der Waals surface area contributed by atoms with Gasteiger partial charge < -0.3 is 4.57 Å². The fourth-order valence-electron chi connectivity index (χ4n) is 2.41. The number of rotatable bonds is 5. The first-order chi connectivity index (χ1) is 11.5. The molecule has 5 nitrogen and oxygen atoms in total. The zero-order chi connectivity index (χ0) is 17.2. The first-order valence-electron chi connectivity index (χ1n) is 7.27. The maximum Gasteiger partial charge on any atom is 0.241 e. The van der Waals surface area contributed by atoms with Crippen LogP contribution in [0.15, 0.2) is 71.9 Å². The maximum absolute atomic E-state index is 12.7. The molecule has 1 atom stereocenters. The Morgan fingerprint density at radius 2 is 1.75 bits per heavy atom. The molecule has 0 aliphatic heterocycles. The van der Waals surface area contributed by atoms with E-state index in [1.165, 1.54) is 12.1 Å². The average molecular weight is 362 g/mol. The van der Waals surface area contributed by atoms with E-state index >= 15 is 0 Å². The van der Waals surface area contributed by atoms with Crippen molar-refractivity contribution in [2.45, 2.75) is 10.9 Å². The highest BCUT2D eigenvalue weighted by Gasteiger charge is 2.25. The number of hydrogen-bond acceptors (Lipinski definition) is 3. The molecule has 7 heteroatoms. The number of imidazole rings is 1. The Hall–Kier alpha value is -2.15. The number of sulfonamides is 1. The molecule has 1 heterocycles. The van der Waals surface area contributed by atoms with Crippen LogP contribution in [0.25, 0.3) is 0 Å². The molecule has 0 bridgehead atoms. The molecule has 0 aliphatic carbocycles. The number of halogens is 1. The van der Waals surface area contributed by atoms with Crippen LogP contribution in [-0.2, 0) is 17.1 Å². The molecule has 24 heavy (non-hydrogen) atoms. The van der Waals surface area contributed by atoms with Gasteiger partial charge in [-0.3, -0.25) is 0 Å². The molecule has 0 saturated heterocycles. The van der Waals surface area contributed by atoms with Crippen LogP contribution < -0.4 is 4.72 Å². The van der Waals surface area contributed by atoms with Gasteiger partial charge in [-0.15, -0.1) is 0 Å². The van der Waals surface area contributed by atoms with Crippen molar-refractivity contribution < 1.29 is 8.42 Å². The monoisotopic (exact) mass is 361 g/mol. The molecule has 0 fully saturated rings. The zero-order valence-electron chi connectivity index (χ0n) is 12.9. The van der Waals surface area contributed by atoms with Gasteiger partial charge in [-0.2, -0.15) is 4.72 Å². The van der Waals surface area contributed by atoms with Gasteiger partial charge in [0.05, 0.1) is 4.90 Å². The van der Waals surface area contributed by atoms with Crippen molar-refractivity contribution in [2.24, 2.45) is 7.05 Å². The van der Waals surface area contributed by atoms with Gasteiger partial charge in [0.15, 0.2) is 0 Å². The normalized spacial score (nSPS) is 12.9. The molecule has 0 radical (unpaired) electrons. The van der Waals surface area contributed by atoms with Crippen LogP contribution >= 0.6 is 11.6 Å². The Morgan fingerprint density at radius 1 is 1.08 bits per heavy atom. The summed E-state index contributed by atoms with van der Waals surface area (Å²) in [6, 6.07) is 14.8. The molecule has 0 spiro atoms. The van der Waals surface area contributed by atoms with Crippen molar-refractivity contribution in [3.05, 3.63) is 83.4 Å². The molecule has 3 aromatic rings. The summed E-state index contributed by atoms with van der Waals surface area (Å²) in [6.07, 6.45) is 3.42. The minimum absolute atomic E-state index is 0.155. The highest BCUT2D eigenvalue weighted by Crippen LogP contribution is 2.23. The zero-order valence-corrected chi connectivity index (χ0v) is 14.5. The van der Waals surface area contributed by atoms with Gasteiger partial charge in [-0.25, -0.2) is 13.4 Å². The number of nitrogens with one attached hydrogen (secondary N) is 1. The Morgan fingerprint density at radius 3 is 2.33 bits per heavy atom. The second-order valence-corrected chi connectivity index (χ2v) is 7.47. The van der Waals surface area contributed by atoms with E-state index in [1.807, 2.05) is 37.4 Å². The van der Waals surface area contributed by atoms with Crippen molar-refractivity contribution in [2.75, 3.05) is 0 Å². The van der Waals surface area contributed by atoms with Crippen molar-refractivity contribution in [1.29, 1.82) is 0 Å². The summed E-state index contributed by atoms with van der Waals surface area (Å²) in [5, 5.41) is 0.484. The fraction of sp³-hybridized carbons (Fsp3) is 0.118. The summed E-state index contributed by atoms with van der Waals surface area (Å²) in [6.45, 7) is 0. The largest absolute Gasteiger partial charge is 0.336 e. The summed E-state index contributed by atoms with van der Waals surface area (Å²) in [5.41, 5.74) is 0.810. The minimum Gasteiger partial charge on any atom is -0.336 e. The molecule has 3 rings (SSSR count). The predicted octanol–water partition coefficient (Wildman–Crippen LogP) is 3.14. The number of hydrogen-bond donors (Lipinski definition) is 1. The predicted molar refractivity (Wildman–Crippen MR) is 93.3 cm³/mol. The van der Waals surface area contributed by atoms with Crippen molar-refractivity contribution in [1.82, 2.24) is 14.3 Å². The molecule has 2 aromatic carbocycles. The highest BCUT2D eigenvalue weighted by atomic mass is 35.5. The Labute approximate surface area is 146 Å². The number of aromatic nitrogens is 2. The van der Waals surface area contributed by atoms with Crippen LogP contribution in [0.4, 0.5) is 0 Å². The van der Waals surface area contributed by atoms with Crippen molar-refractivity contribution in [3.63, 3.8) is 0 Å². The van der Waals surface area contributed by atoms with Gasteiger partial charge in [-0.05, 0) is 29.8 Å². The molecule has 0 aliphatic rings. The Bertz CT molecular complexity index is 922. The molecular formula is C17H16ClN3O2S. The van der Waals surface area contributed by atoms with E-state index in [0.717, 1.165) is 5.56 Å². The number of benzene rings is 2. The highest BCUT2D eigenvalue weighted by molar-refractivity contribution is 7.89. The first-order valence-corrected chi connectivity index (χ1v) is 9.13. The maximum atomic E-state index is 12.7. The standard InChI is InChI=1S/C17H16ClN3O2S/c1-21-12-11-19-17(21)16(13-5-3-2-4-6-13)20-24(22,23)15-9-7-14(18)8-10-15/h2-12,16,20H,1H3/t16-/m0/s1. The third-order valence-corrected chi connectivity index (χ3v) is 5.34. The van der Waals surface area contributed by atoms with E-state index in [4.69, 9.17) is 11.6 Å². The summed E-state index contributed by atoms with van der Waals surface area (Å²) >= 11 is 5.84. The average Bonchev–Trinajstić information content (AvgIpc) is 3.00. The van der Waals surface area contributed by atoms with Gasteiger partial charge in [0, 0.05) is 24.5 Å². The van der Waals surface area contributed by atoms with E-state index in [-0.39, 0.29) is 4.90 Å². The fourth-order valence-corrected chi connectivity index (χ4v) is 3.72. The van der Waals surface area contributed by atoms with Gasteiger partial charge in [0.25, 0.3) is 0 Å². The van der Waals surface area contributed by atoms with E-state index in [0.29, 0.717) is 10.8 Å². The topological polar surface area (TPSA) is 64.0 Å². The van der Waals surface area contributed by atoms with Crippen LogP contribution in [0.2, 0.25) is 5.02 Å². The lowest BCUT2D eigenvalue weighted by Crippen LogP contribution is -2.31. The van der Waals surface area contributed by atoms with Crippen molar-refractivity contribution >= 4 is 21.6 Å². The molecule has 0 saturated carbocycles. The quantitative estimate of drug-likeness (QED) is 0.759. The third kappa shape index (κ3) is 3.51. The van der Waals surface area contributed by atoms with E-state index in [2.05, 4.69) is 9.71 Å². The summed E-state index contributed by atoms with van der Waals surface area (Å²) in [5.74, 6) is 0.610. The smallest absolute Gasteiger partial charge is 0.241 e. The van der Waals surface area contributed by atoms with Crippen LogP contribution in [0, 0.1) is 0 Å².